The molecular formula is C13H11NO5S. The maximum Gasteiger partial charge on any atom is 0.273 e. The Morgan fingerprint density at radius 1 is 1.35 bits per heavy atom. The van der Waals surface area contributed by atoms with Crippen molar-refractivity contribution in [2.75, 3.05) is 13.7 Å². The highest BCUT2D eigenvalue weighted by molar-refractivity contribution is 7.12. The molecule has 104 valence electrons. The minimum Gasteiger partial charge on any atom is -0.493 e. The van der Waals surface area contributed by atoms with Gasteiger partial charge in [-0.2, -0.15) is 0 Å². The van der Waals surface area contributed by atoms with Crippen molar-refractivity contribution in [2.45, 2.75) is 0 Å². The molecule has 0 N–H and O–H groups in total. The van der Waals surface area contributed by atoms with E-state index in [2.05, 4.69) is 0 Å². The molecule has 0 bridgehead atoms. The van der Waals surface area contributed by atoms with Gasteiger partial charge >= 0.3 is 0 Å². The normalized spacial score (nSPS) is 10.1. The molecule has 0 atom stereocenters. The summed E-state index contributed by atoms with van der Waals surface area (Å²) in [6, 6.07) is 7.45. The summed E-state index contributed by atoms with van der Waals surface area (Å²) in [5.41, 5.74) is -0.121. The number of ketones is 1. The van der Waals surface area contributed by atoms with Gasteiger partial charge in [-0.25, -0.2) is 0 Å². The summed E-state index contributed by atoms with van der Waals surface area (Å²) in [5.74, 6) is 0.328. The molecule has 0 saturated carbocycles. The third-order valence-electron chi connectivity index (χ3n) is 2.51. The van der Waals surface area contributed by atoms with Gasteiger partial charge in [-0.1, -0.05) is 6.07 Å². The predicted molar refractivity (Wildman–Crippen MR) is 73.8 cm³/mol. The Bertz CT molecular complexity index is 624. The molecule has 0 radical (unpaired) electrons. The van der Waals surface area contributed by atoms with Crippen molar-refractivity contribution in [1.82, 2.24) is 0 Å². The molecule has 1 aromatic heterocycles. The van der Waals surface area contributed by atoms with Crippen molar-refractivity contribution in [2.24, 2.45) is 0 Å². The first-order valence-corrected chi connectivity index (χ1v) is 6.51. The first-order valence-electron chi connectivity index (χ1n) is 5.63. The summed E-state index contributed by atoms with van der Waals surface area (Å²) in [5, 5.41) is 12.5. The summed E-state index contributed by atoms with van der Waals surface area (Å²) in [7, 11) is 1.43. The average molecular weight is 293 g/mol. The molecule has 0 saturated heterocycles. The fraction of sp³-hybridized carbons (Fsp3) is 0.154. The monoisotopic (exact) mass is 293 g/mol. The van der Waals surface area contributed by atoms with Gasteiger partial charge in [-0.15, -0.1) is 11.3 Å². The molecule has 0 aliphatic heterocycles. The van der Waals surface area contributed by atoms with Crippen molar-refractivity contribution < 1.29 is 19.2 Å². The number of nitro benzene ring substituents is 1. The van der Waals surface area contributed by atoms with Crippen LogP contribution in [0.4, 0.5) is 5.69 Å². The zero-order chi connectivity index (χ0) is 14.5. The van der Waals surface area contributed by atoms with E-state index in [-0.39, 0.29) is 23.8 Å². The number of nitrogens with zero attached hydrogens (tertiary/aromatic N) is 1. The second kappa shape index (κ2) is 6.16. The smallest absolute Gasteiger partial charge is 0.273 e. The Hall–Kier alpha value is -2.41. The highest BCUT2D eigenvalue weighted by Crippen LogP contribution is 2.31. The van der Waals surface area contributed by atoms with E-state index in [9.17, 15) is 14.9 Å². The van der Waals surface area contributed by atoms with Gasteiger partial charge in [0.25, 0.3) is 5.69 Å². The molecule has 0 aliphatic carbocycles. The number of thiophene rings is 1. The Kier molecular flexibility index (Phi) is 4.31. The van der Waals surface area contributed by atoms with Gasteiger partial charge in [0.05, 0.1) is 23.0 Å². The average Bonchev–Trinajstić information content (AvgIpc) is 2.98. The van der Waals surface area contributed by atoms with E-state index < -0.39 is 4.92 Å². The van der Waals surface area contributed by atoms with Crippen LogP contribution in [0.1, 0.15) is 9.67 Å². The molecule has 0 spiro atoms. The van der Waals surface area contributed by atoms with Crippen LogP contribution in [-0.2, 0) is 0 Å². The lowest BCUT2D eigenvalue weighted by molar-refractivity contribution is -0.385. The topological polar surface area (TPSA) is 78.7 Å². The predicted octanol–water partition coefficient (Wildman–Crippen LogP) is 2.93. The van der Waals surface area contributed by atoms with Crippen LogP contribution in [0.2, 0.25) is 0 Å². The van der Waals surface area contributed by atoms with Crippen LogP contribution in [0.25, 0.3) is 0 Å². The fourth-order valence-electron chi connectivity index (χ4n) is 1.54. The second-order valence-electron chi connectivity index (χ2n) is 3.78. The van der Waals surface area contributed by atoms with Gasteiger partial charge in [0.1, 0.15) is 0 Å². The number of non-ortho nitro benzene ring substituents is 1. The molecule has 7 heteroatoms. The summed E-state index contributed by atoms with van der Waals surface area (Å²) in [6.07, 6.45) is 0. The van der Waals surface area contributed by atoms with Crippen LogP contribution in [0.5, 0.6) is 11.5 Å². The van der Waals surface area contributed by atoms with Gasteiger partial charge < -0.3 is 9.47 Å². The first kappa shape index (κ1) is 14.0. The Labute approximate surface area is 118 Å². The number of methoxy groups -OCH3 is 1. The van der Waals surface area contributed by atoms with Crippen LogP contribution < -0.4 is 9.47 Å². The quantitative estimate of drug-likeness (QED) is 0.465. The molecule has 2 aromatic rings. The van der Waals surface area contributed by atoms with Crippen LogP contribution in [0.3, 0.4) is 0 Å². The van der Waals surface area contributed by atoms with Crippen LogP contribution >= 0.6 is 11.3 Å². The minimum absolute atomic E-state index is 0.121. The van der Waals surface area contributed by atoms with Gasteiger partial charge in [0, 0.05) is 6.07 Å². The van der Waals surface area contributed by atoms with Gasteiger partial charge in [0.2, 0.25) is 5.78 Å². The third kappa shape index (κ3) is 3.12. The second-order valence-corrected chi connectivity index (χ2v) is 4.73. The summed E-state index contributed by atoms with van der Waals surface area (Å²) in [4.78, 5) is 22.6. The van der Waals surface area contributed by atoms with Crippen LogP contribution in [0, 0.1) is 10.1 Å². The number of rotatable bonds is 6. The number of hydrogen-bond donors (Lipinski definition) is 0. The molecule has 2 rings (SSSR count). The lowest BCUT2D eigenvalue weighted by atomic mass is 10.3. The fourth-order valence-corrected chi connectivity index (χ4v) is 2.19. The third-order valence-corrected chi connectivity index (χ3v) is 3.42. The molecular weight excluding hydrogens is 282 g/mol. The SMILES string of the molecule is COc1ccc([N+](=O)[O-])cc1OCC(=O)c1cccs1. The highest BCUT2D eigenvalue weighted by atomic mass is 32.1. The maximum atomic E-state index is 11.8. The van der Waals surface area contributed by atoms with E-state index in [1.54, 1.807) is 17.5 Å². The number of hydrogen-bond acceptors (Lipinski definition) is 6. The Morgan fingerprint density at radius 2 is 2.15 bits per heavy atom. The standard InChI is InChI=1S/C13H11NO5S/c1-18-11-5-4-9(14(16)17)7-12(11)19-8-10(15)13-3-2-6-20-13/h2-7H,8H2,1H3. The lowest BCUT2D eigenvalue weighted by Crippen LogP contribution is -2.10. The van der Waals surface area contributed by atoms with Crippen LogP contribution in [-0.4, -0.2) is 24.4 Å². The molecule has 0 amide bonds. The summed E-state index contributed by atoms with van der Waals surface area (Å²) in [6.45, 7) is -0.196. The van der Waals surface area contributed by atoms with E-state index in [1.165, 1.54) is 36.6 Å². The molecule has 0 aliphatic rings. The van der Waals surface area contributed by atoms with Crippen LogP contribution in [0.15, 0.2) is 35.7 Å². The Balaban J connectivity index is 2.13. The lowest BCUT2D eigenvalue weighted by Gasteiger charge is -2.09. The number of nitro groups is 1. The van der Waals surface area contributed by atoms with Crippen molar-refractivity contribution in [3.05, 3.63) is 50.7 Å². The summed E-state index contributed by atoms with van der Waals surface area (Å²) < 4.78 is 10.4. The number of carbonyl (C=O) groups excluding carboxylic acids is 1. The van der Waals surface area contributed by atoms with Crippen molar-refractivity contribution in [3.63, 3.8) is 0 Å². The summed E-state index contributed by atoms with van der Waals surface area (Å²) >= 11 is 1.32. The molecule has 0 fully saturated rings. The maximum absolute atomic E-state index is 11.8. The molecule has 6 nitrogen and oxygen atoms in total. The highest BCUT2D eigenvalue weighted by Gasteiger charge is 2.14. The number of carbonyl (C=O) groups is 1. The number of ether oxygens (including phenoxy) is 2. The van der Waals surface area contributed by atoms with Gasteiger partial charge in [-0.3, -0.25) is 14.9 Å². The van der Waals surface area contributed by atoms with E-state index in [0.717, 1.165) is 0 Å². The first-order chi connectivity index (χ1) is 9.61. The van der Waals surface area contributed by atoms with Crippen molar-refractivity contribution in [1.29, 1.82) is 0 Å². The van der Waals surface area contributed by atoms with Gasteiger partial charge in [-0.05, 0) is 17.5 Å². The molecule has 20 heavy (non-hydrogen) atoms. The van der Waals surface area contributed by atoms with Crippen molar-refractivity contribution in [3.8, 4) is 11.5 Å². The van der Waals surface area contributed by atoms with E-state index in [1.807, 2.05) is 0 Å². The molecule has 0 unspecified atom stereocenters. The minimum atomic E-state index is -0.534. The Morgan fingerprint density at radius 3 is 2.75 bits per heavy atom. The number of Topliss-reactive ketones (excluding diaryl/α,β-unsaturated/α-hetero) is 1. The van der Waals surface area contributed by atoms with E-state index in [0.29, 0.717) is 10.6 Å². The molecule has 1 aromatic carbocycles. The largest absolute Gasteiger partial charge is 0.493 e. The number of benzene rings is 1. The molecule has 1 heterocycles. The van der Waals surface area contributed by atoms with Gasteiger partial charge in [0.15, 0.2) is 18.1 Å². The van der Waals surface area contributed by atoms with E-state index in [4.69, 9.17) is 9.47 Å². The van der Waals surface area contributed by atoms with Crippen molar-refractivity contribution >= 4 is 22.8 Å². The van der Waals surface area contributed by atoms with E-state index >= 15 is 0 Å². The zero-order valence-corrected chi connectivity index (χ0v) is 11.4. The zero-order valence-electron chi connectivity index (χ0n) is 10.6.